The van der Waals surface area contributed by atoms with Crippen LogP contribution in [0, 0.1) is 5.92 Å². The van der Waals surface area contributed by atoms with Crippen molar-refractivity contribution >= 4 is 0 Å². The summed E-state index contributed by atoms with van der Waals surface area (Å²) >= 11 is 0. The summed E-state index contributed by atoms with van der Waals surface area (Å²) in [4.78, 5) is 2.56. The summed E-state index contributed by atoms with van der Waals surface area (Å²) in [5.74, 6) is 0.576. The molecule has 0 aromatic carbocycles. The second-order valence-electron chi connectivity index (χ2n) is 5.89. The van der Waals surface area contributed by atoms with Crippen LogP contribution >= 0.6 is 0 Å². The highest BCUT2D eigenvalue weighted by atomic mass is 16.3. The first kappa shape index (κ1) is 12.4. The van der Waals surface area contributed by atoms with E-state index < -0.39 is 0 Å². The van der Waals surface area contributed by atoms with Gasteiger partial charge in [0.15, 0.2) is 0 Å². The Morgan fingerprint density at radius 3 is 2.25 bits per heavy atom. The highest BCUT2D eigenvalue weighted by Crippen LogP contribution is 2.38. The van der Waals surface area contributed by atoms with E-state index in [0.717, 1.165) is 6.42 Å². The molecule has 1 heterocycles. The van der Waals surface area contributed by atoms with E-state index in [2.05, 4.69) is 18.7 Å². The van der Waals surface area contributed by atoms with Crippen LogP contribution in [0.4, 0.5) is 0 Å². The van der Waals surface area contributed by atoms with Gasteiger partial charge >= 0.3 is 0 Å². The van der Waals surface area contributed by atoms with E-state index in [9.17, 15) is 5.11 Å². The number of aliphatic hydroxyl groups is 1. The van der Waals surface area contributed by atoms with Gasteiger partial charge in [0.2, 0.25) is 0 Å². The Kier molecular flexibility index (Phi) is 3.91. The van der Waals surface area contributed by atoms with Crippen LogP contribution in [0.1, 0.15) is 58.8 Å². The molecule has 0 aromatic heterocycles. The summed E-state index contributed by atoms with van der Waals surface area (Å²) in [7, 11) is 0. The molecule has 16 heavy (non-hydrogen) atoms. The molecule has 1 aliphatic carbocycles. The van der Waals surface area contributed by atoms with Gasteiger partial charge in [-0.3, -0.25) is 4.90 Å². The van der Waals surface area contributed by atoms with Gasteiger partial charge in [-0.25, -0.2) is 0 Å². The predicted molar refractivity (Wildman–Crippen MR) is 67.5 cm³/mol. The lowest BCUT2D eigenvalue weighted by Gasteiger charge is -2.50. The zero-order valence-corrected chi connectivity index (χ0v) is 10.9. The molecule has 1 saturated heterocycles. The van der Waals surface area contributed by atoms with Gasteiger partial charge in [0, 0.05) is 5.54 Å². The highest BCUT2D eigenvalue weighted by molar-refractivity contribution is 4.97. The fourth-order valence-corrected chi connectivity index (χ4v) is 3.29. The van der Waals surface area contributed by atoms with Crippen LogP contribution in [0.25, 0.3) is 0 Å². The number of hydrogen-bond acceptors (Lipinski definition) is 2. The first-order valence-corrected chi connectivity index (χ1v) is 7.11. The maximum atomic E-state index is 10.6. The summed E-state index contributed by atoms with van der Waals surface area (Å²) < 4.78 is 0. The van der Waals surface area contributed by atoms with Gasteiger partial charge < -0.3 is 5.11 Å². The summed E-state index contributed by atoms with van der Waals surface area (Å²) in [6, 6.07) is 0. The molecule has 0 spiro atoms. The van der Waals surface area contributed by atoms with E-state index in [1.165, 1.54) is 51.6 Å². The standard InChI is InChI=1S/C14H27NO/c1-3-14(2,13(16)12-8-7-9-12)15-10-5-4-6-11-15/h12-13,16H,3-11H2,1-2H3. The Morgan fingerprint density at radius 2 is 1.81 bits per heavy atom. The van der Waals surface area contributed by atoms with Crippen LogP contribution in [-0.2, 0) is 0 Å². The SMILES string of the molecule is CCC(C)(C(O)C1CCC1)N1CCCCC1. The molecule has 0 aromatic rings. The lowest BCUT2D eigenvalue weighted by Crippen LogP contribution is -2.58. The molecule has 0 amide bonds. The van der Waals surface area contributed by atoms with Crippen molar-refractivity contribution in [1.82, 2.24) is 4.90 Å². The van der Waals surface area contributed by atoms with Gasteiger partial charge in [-0.05, 0) is 58.0 Å². The van der Waals surface area contributed by atoms with Crippen molar-refractivity contribution in [3.05, 3.63) is 0 Å². The van der Waals surface area contributed by atoms with Crippen LogP contribution in [0.2, 0.25) is 0 Å². The molecule has 1 saturated carbocycles. The van der Waals surface area contributed by atoms with Crippen LogP contribution in [0.5, 0.6) is 0 Å². The molecule has 2 atom stereocenters. The fourth-order valence-electron chi connectivity index (χ4n) is 3.29. The molecule has 2 unspecified atom stereocenters. The van der Waals surface area contributed by atoms with Crippen LogP contribution in [0.15, 0.2) is 0 Å². The lowest BCUT2D eigenvalue weighted by atomic mass is 9.72. The van der Waals surface area contributed by atoms with E-state index in [4.69, 9.17) is 0 Å². The third kappa shape index (κ3) is 2.14. The third-order valence-electron chi connectivity index (χ3n) is 5.03. The van der Waals surface area contributed by atoms with Crippen molar-refractivity contribution in [2.75, 3.05) is 13.1 Å². The number of hydrogen-bond donors (Lipinski definition) is 1. The third-order valence-corrected chi connectivity index (χ3v) is 5.03. The Hall–Kier alpha value is -0.0800. The van der Waals surface area contributed by atoms with Crippen LogP contribution in [0.3, 0.4) is 0 Å². The zero-order chi connectivity index (χ0) is 11.6. The van der Waals surface area contributed by atoms with Crippen molar-refractivity contribution < 1.29 is 5.11 Å². The summed E-state index contributed by atoms with van der Waals surface area (Å²) in [6.45, 7) is 6.89. The molecule has 0 radical (unpaired) electrons. The number of rotatable bonds is 4. The van der Waals surface area contributed by atoms with Gasteiger partial charge in [0.1, 0.15) is 0 Å². The smallest absolute Gasteiger partial charge is 0.0749 e. The summed E-state index contributed by atoms with van der Waals surface area (Å²) in [6.07, 6.45) is 8.77. The monoisotopic (exact) mass is 225 g/mol. The minimum absolute atomic E-state index is 0.0332. The van der Waals surface area contributed by atoms with Crippen LogP contribution in [-0.4, -0.2) is 34.7 Å². The lowest BCUT2D eigenvalue weighted by molar-refractivity contribution is -0.0783. The highest BCUT2D eigenvalue weighted by Gasteiger charge is 2.43. The zero-order valence-electron chi connectivity index (χ0n) is 10.9. The van der Waals surface area contributed by atoms with E-state index in [1.54, 1.807) is 0 Å². The van der Waals surface area contributed by atoms with Gasteiger partial charge in [0.25, 0.3) is 0 Å². The Bertz CT molecular complexity index is 217. The second kappa shape index (κ2) is 5.05. The molecule has 94 valence electrons. The van der Waals surface area contributed by atoms with E-state index in [0.29, 0.717) is 5.92 Å². The van der Waals surface area contributed by atoms with Gasteiger partial charge in [0.05, 0.1) is 6.10 Å². The number of aliphatic hydroxyl groups excluding tert-OH is 1. The minimum Gasteiger partial charge on any atom is -0.391 e. The van der Waals surface area contributed by atoms with Gasteiger partial charge in [-0.15, -0.1) is 0 Å². The summed E-state index contributed by atoms with van der Waals surface area (Å²) in [5.41, 5.74) is 0.0332. The van der Waals surface area contributed by atoms with Crippen molar-refractivity contribution in [1.29, 1.82) is 0 Å². The Labute approximate surface area is 100 Å². The molecule has 2 fully saturated rings. The van der Waals surface area contributed by atoms with Crippen molar-refractivity contribution in [3.8, 4) is 0 Å². The summed E-state index contributed by atoms with van der Waals surface area (Å²) in [5, 5.41) is 10.6. The van der Waals surface area contributed by atoms with Crippen molar-refractivity contribution in [2.24, 2.45) is 5.92 Å². The molecule has 2 nitrogen and oxygen atoms in total. The van der Waals surface area contributed by atoms with Crippen molar-refractivity contribution in [3.63, 3.8) is 0 Å². The van der Waals surface area contributed by atoms with E-state index in [-0.39, 0.29) is 11.6 Å². The normalized spacial score (nSPS) is 29.4. The average Bonchev–Trinajstić information content (AvgIpc) is 2.27. The van der Waals surface area contributed by atoms with E-state index in [1.807, 2.05) is 0 Å². The predicted octanol–water partition coefficient (Wildman–Crippen LogP) is 2.80. The average molecular weight is 225 g/mol. The number of likely N-dealkylation sites (tertiary alicyclic amines) is 1. The van der Waals surface area contributed by atoms with E-state index >= 15 is 0 Å². The quantitative estimate of drug-likeness (QED) is 0.795. The van der Waals surface area contributed by atoms with Gasteiger partial charge in [-0.1, -0.05) is 19.8 Å². The molecule has 2 rings (SSSR count). The van der Waals surface area contributed by atoms with Crippen molar-refractivity contribution in [2.45, 2.75) is 70.4 Å². The Morgan fingerprint density at radius 1 is 1.19 bits per heavy atom. The second-order valence-corrected chi connectivity index (χ2v) is 5.89. The Balaban J connectivity index is 2.03. The van der Waals surface area contributed by atoms with Crippen LogP contribution < -0.4 is 0 Å². The molecule has 1 aliphatic heterocycles. The number of piperidine rings is 1. The van der Waals surface area contributed by atoms with Gasteiger partial charge in [-0.2, -0.15) is 0 Å². The molecular weight excluding hydrogens is 198 g/mol. The maximum absolute atomic E-state index is 10.6. The molecule has 2 aliphatic rings. The maximum Gasteiger partial charge on any atom is 0.0749 e. The fraction of sp³-hybridized carbons (Fsp3) is 1.00. The number of nitrogens with zero attached hydrogens (tertiary/aromatic N) is 1. The molecule has 0 bridgehead atoms. The molecule has 1 N–H and O–H groups in total. The topological polar surface area (TPSA) is 23.5 Å². The first-order chi connectivity index (χ1) is 7.68. The largest absolute Gasteiger partial charge is 0.391 e. The molecular formula is C14H27NO. The minimum atomic E-state index is -0.107. The molecule has 2 heteroatoms. The first-order valence-electron chi connectivity index (χ1n) is 7.11.